The lowest BCUT2D eigenvalue weighted by atomic mass is 10.3. The Labute approximate surface area is 102 Å². The molecule has 88 valence electrons. The number of nitrogens with one attached hydrogen (secondary N) is 1. The number of carbonyl (C=O) groups is 1. The van der Waals surface area contributed by atoms with E-state index < -0.39 is 5.97 Å². The van der Waals surface area contributed by atoms with Gasteiger partial charge in [-0.1, -0.05) is 0 Å². The van der Waals surface area contributed by atoms with Crippen LogP contribution in [0.1, 0.15) is 20.4 Å². The lowest BCUT2D eigenvalue weighted by Gasteiger charge is -2.04. The fourth-order valence-electron chi connectivity index (χ4n) is 1.33. The van der Waals surface area contributed by atoms with E-state index in [1.165, 1.54) is 12.3 Å². The number of pyridine rings is 1. The minimum atomic E-state index is -1.03. The highest BCUT2D eigenvalue weighted by atomic mass is 32.1. The molecule has 2 aromatic heterocycles. The first-order valence-corrected chi connectivity index (χ1v) is 5.81. The highest BCUT2D eigenvalue weighted by molar-refractivity contribution is 7.11. The quantitative estimate of drug-likeness (QED) is 0.868. The summed E-state index contributed by atoms with van der Waals surface area (Å²) in [5.74, 6) is -1.03. The van der Waals surface area contributed by atoms with Gasteiger partial charge in [-0.15, -0.1) is 11.3 Å². The van der Waals surface area contributed by atoms with Crippen LogP contribution >= 0.6 is 11.3 Å². The van der Waals surface area contributed by atoms with Gasteiger partial charge in [-0.25, -0.2) is 14.8 Å². The summed E-state index contributed by atoms with van der Waals surface area (Å²) in [6.45, 7) is 2.58. The molecule has 0 aliphatic heterocycles. The molecule has 0 unspecified atom stereocenters. The van der Waals surface area contributed by atoms with Crippen LogP contribution in [0.5, 0.6) is 0 Å². The van der Waals surface area contributed by atoms with Crippen LogP contribution in [-0.2, 0) is 6.54 Å². The SMILES string of the molecule is Cc1ncc(CNc2ccnc(C(=O)O)c2)s1. The Morgan fingerprint density at radius 1 is 1.53 bits per heavy atom. The van der Waals surface area contributed by atoms with Crippen LogP contribution in [0.3, 0.4) is 0 Å². The van der Waals surface area contributed by atoms with E-state index in [0.29, 0.717) is 6.54 Å². The highest BCUT2D eigenvalue weighted by Gasteiger charge is 2.05. The maximum atomic E-state index is 10.7. The van der Waals surface area contributed by atoms with Gasteiger partial charge in [0.25, 0.3) is 0 Å². The van der Waals surface area contributed by atoms with E-state index in [1.807, 2.05) is 13.1 Å². The molecule has 2 heterocycles. The first-order chi connectivity index (χ1) is 8.15. The zero-order valence-corrected chi connectivity index (χ0v) is 9.99. The maximum absolute atomic E-state index is 10.7. The zero-order valence-electron chi connectivity index (χ0n) is 9.17. The van der Waals surface area contributed by atoms with Gasteiger partial charge >= 0.3 is 5.97 Å². The van der Waals surface area contributed by atoms with Crippen molar-refractivity contribution in [2.75, 3.05) is 5.32 Å². The van der Waals surface area contributed by atoms with Crippen molar-refractivity contribution in [3.63, 3.8) is 0 Å². The van der Waals surface area contributed by atoms with Crippen molar-refractivity contribution in [3.8, 4) is 0 Å². The minimum absolute atomic E-state index is 0.0375. The molecule has 0 aromatic carbocycles. The molecule has 0 saturated heterocycles. The monoisotopic (exact) mass is 249 g/mol. The molecular formula is C11H11N3O2S. The van der Waals surface area contributed by atoms with Gasteiger partial charge in [0.1, 0.15) is 5.69 Å². The number of carboxylic acid groups (broad SMARTS) is 1. The molecule has 0 fully saturated rings. The van der Waals surface area contributed by atoms with E-state index in [4.69, 9.17) is 5.11 Å². The van der Waals surface area contributed by atoms with Gasteiger partial charge < -0.3 is 10.4 Å². The first-order valence-electron chi connectivity index (χ1n) is 4.99. The number of aryl methyl sites for hydroxylation is 1. The summed E-state index contributed by atoms with van der Waals surface area (Å²) < 4.78 is 0. The zero-order chi connectivity index (χ0) is 12.3. The van der Waals surface area contributed by atoms with Gasteiger partial charge in [0.15, 0.2) is 0 Å². The molecule has 0 amide bonds. The fraction of sp³-hybridized carbons (Fsp3) is 0.182. The van der Waals surface area contributed by atoms with Crippen LogP contribution in [0, 0.1) is 6.92 Å². The number of anilines is 1. The number of nitrogens with zero attached hydrogens (tertiary/aromatic N) is 2. The van der Waals surface area contributed by atoms with Gasteiger partial charge in [0, 0.05) is 23.0 Å². The molecule has 0 atom stereocenters. The Kier molecular flexibility index (Phi) is 3.34. The molecule has 0 spiro atoms. The van der Waals surface area contributed by atoms with Crippen molar-refractivity contribution >= 4 is 23.0 Å². The molecular weight excluding hydrogens is 238 g/mol. The Balaban J connectivity index is 2.04. The van der Waals surface area contributed by atoms with Gasteiger partial charge in [-0.3, -0.25) is 0 Å². The largest absolute Gasteiger partial charge is 0.477 e. The smallest absolute Gasteiger partial charge is 0.354 e. The van der Waals surface area contributed by atoms with Crippen LogP contribution in [0.15, 0.2) is 24.5 Å². The summed E-state index contributed by atoms with van der Waals surface area (Å²) in [6.07, 6.45) is 3.29. The molecule has 17 heavy (non-hydrogen) atoms. The maximum Gasteiger partial charge on any atom is 0.354 e. The normalized spacial score (nSPS) is 10.2. The van der Waals surface area contributed by atoms with Crippen LogP contribution in [0.25, 0.3) is 0 Å². The van der Waals surface area contributed by atoms with E-state index in [-0.39, 0.29) is 5.69 Å². The second-order valence-electron chi connectivity index (χ2n) is 3.43. The number of rotatable bonds is 4. The third kappa shape index (κ3) is 3.01. The number of thiazole rings is 1. The minimum Gasteiger partial charge on any atom is -0.477 e. The first kappa shape index (κ1) is 11.5. The molecule has 0 aliphatic carbocycles. The molecule has 2 N–H and O–H groups in total. The summed E-state index contributed by atoms with van der Waals surface area (Å²) in [6, 6.07) is 3.25. The Morgan fingerprint density at radius 2 is 2.35 bits per heavy atom. The highest BCUT2D eigenvalue weighted by Crippen LogP contribution is 2.14. The van der Waals surface area contributed by atoms with E-state index in [1.54, 1.807) is 17.4 Å². The van der Waals surface area contributed by atoms with Crippen molar-refractivity contribution in [3.05, 3.63) is 40.1 Å². The number of carboxylic acids is 1. The second kappa shape index (κ2) is 4.92. The van der Waals surface area contributed by atoms with Crippen molar-refractivity contribution in [2.24, 2.45) is 0 Å². The number of aromatic nitrogens is 2. The fourth-order valence-corrected chi connectivity index (χ4v) is 2.07. The lowest BCUT2D eigenvalue weighted by molar-refractivity contribution is 0.0690. The van der Waals surface area contributed by atoms with E-state index in [9.17, 15) is 4.79 Å². The van der Waals surface area contributed by atoms with Crippen molar-refractivity contribution < 1.29 is 9.90 Å². The Bertz CT molecular complexity index is 539. The topological polar surface area (TPSA) is 75.1 Å². The van der Waals surface area contributed by atoms with Crippen LogP contribution in [0.4, 0.5) is 5.69 Å². The van der Waals surface area contributed by atoms with E-state index >= 15 is 0 Å². The molecule has 0 aliphatic rings. The van der Waals surface area contributed by atoms with Crippen LogP contribution in [-0.4, -0.2) is 21.0 Å². The van der Waals surface area contributed by atoms with Crippen molar-refractivity contribution in [2.45, 2.75) is 13.5 Å². The Hall–Kier alpha value is -1.95. The third-order valence-corrected chi connectivity index (χ3v) is 3.03. The predicted octanol–water partition coefficient (Wildman–Crippen LogP) is 2.16. The number of hydrogen-bond acceptors (Lipinski definition) is 5. The molecule has 0 bridgehead atoms. The molecule has 6 heteroatoms. The lowest BCUT2D eigenvalue weighted by Crippen LogP contribution is -2.03. The number of aromatic carboxylic acids is 1. The third-order valence-electron chi connectivity index (χ3n) is 2.11. The van der Waals surface area contributed by atoms with Gasteiger partial charge in [-0.2, -0.15) is 0 Å². The van der Waals surface area contributed by atoms with Gasteiger partial charge in [0.2, 0.25) is 0 Å². The summed E-state index contributed by atoms with van der Waals surface area (Å²) in [5.41, 5.74) is 0.777. The summed E-state index contributed by atoms with van der Waals surface area (Å²) >= 11 is 1.61. The summed E-state index contributed by atoms with van der Waals surface area (Å²) in [4.78, 5) is 19.7. The standard InChI is InChI=1S/C11H11N3O2S/c1-7-13-5-9(17-7)6-14-8-2-3-12-10(4-8)11(15)16/h2-5H,6H2,1H3,(H,12,14)(H,15,16). The Morgan fingerprint density at radius 3 is 3.00 bits per heavy atom. The molecule has 2 aromatic rings. The van der Waals surface area contributed by atoms with Crippen LogP contribution in [0.2, 0.25) is 0 Å². The number of hydrogen-bond donors (Lipinski definition) is 2. The summed E-state index contributed by atoms with van der Waals surface area (Å²) in [5, 5.41) is 13.0. The molecule has 0 saturated carbocycles. The second-order valence-corrected chi connectivity index (χ2v) is 4.75. The van der Waals surface area contributed by atoms with Crippen LogP contribution < -0.4 is 5.32 Å². The average Bonchev–Trinajstić information content (AvgIpc) is 2.73. The molecule has 2 rings (SSSR count). The molecule has 5 nitrogen and oxygen atoms in total. The summed E-state index contributed by atoms with van der Waals surface area (Å²) in [7, 11) is 0. The van der Waals surface area contributed by atoms with Gasteiger partial charge in [-0.05, 0) is 19.1 Å². The molecule has 0 radical (unpaired) electrons. The van der Waals surface area contributed by atoms with Crippen molar-refractivity contribution in [1.82, 2.24) is 9.97 Å². The van der Waals surface area contributed by atoms with Crippen molar-refractivity contribution in [1.29, 1.82) is 0 Å². The average molecular weight is 249 g/mol. The van der Waals surface area contributed by atoms with E-state index in [2.05, 4.69) is 15.3 Å². The van der Waals surface area contributed by atoms with E-state index in [0.717, 1.165) is 15.6 Å². The predicted molar refractivity (Wildman–Crippen MR) is 65.4 cm³/mol. The van der Waals surface area contributed by atoms with Gasteiger partial charge in [0.05, 0.1) is 11.6 Å².